The molecular formula is C5H14ClNO4. The molecule has 70 valence electrons. The van der Waals surface area contributed by atoms with Crippen LogP contribution in [0.2, 0.25) is 0 Å². The summed E-state index contributed by atoms with van der Waals surface area (Å²) in [6.07, 6.45) is 0. The van der Waals surface area contributed by atoms with Gasteiger partial charge in [-0.2, -0.15) is 0 Å². The third-order valence-corrected chi connectivity index (χ3v) is 0.771. The topological polar surface area (TPSA) is 89.4 Å². The van der Waals surface area contributed by atoms with E-state index >= 15 is 0 Å². The maximum absolute atomic E-state index is 8.41. The molecule has 0 aromatic rings. The number of aliphatic hydroxyl groups is 1. The summed E-state index contributed by atoms with van der Waals surface area (Å²) in [4.78, 5) is 0. The quantitative estimate of drug-likeness (QED) is 0.448. The second kappa shape index (κ2) is 6.78. The van der Waals surface area contributed by atoms with Crippen molar-refractivity contribution in [2.45, 2.75) is 0 Å². The molecule has 0 amide bonds. The molecule has 0 heterocycles. The Morgan fingerprint density at radius 3 is 1.45 bits per heavy atom. The molecule has 1 N–H and O–H groups in total. The van der Waals surface area contributed by atoms with E-state index in [1.165, 1.54) is 0 Å². The number of quaternary nitrogens is 1. The second-order valence-corrected chi connectivity index (χ2v) is 3.30. The van der Waals surface area contributed by atoms with E-state index in [2.05, 4.69) is 21.1 Å². The van der Waals surface area contributed by atoms with Crippen LogP contribution >= 0.6 is 0 Å². The number of nitrogens with zero attached hydrogens (tertiary/aromatic N) is 1. The minimum absolute atomic E-state index is 0.281. The molecule has 0 aliphatic rings. The van der Waals surface area contributed by atoms with Gasteiger partial charge in [0.1, 0.15) is 6.54 Å². The van der Waals surface area contributed by atoms with Gasteiger partial charge in [0.25, 0.3) is 0 Å². The molecule has 0 rings (SSSR count). The Labute approximate surface area is 69.5 Å². The standard InChI is InChI=1S/C5H14NO.ClO3/c1-6(2,3)4-5-7;2-1(3)4/h7H,4-5H2,1-3H3;/q+1;-1. The minimum atomic E-state index is -2.85. The summed E-state index contributed by atoms with van der Waals surface area (Å²) >= 11 is 0. The summed E-state index contributed by atoms with van der Waals surface area (Å²) in [6, 6.07) is 0. The van der Waals surface area contributed by atoms with Crippen molar-refractivity contribution in [3.63, 3.8) is 0 Å². The van der Waals surface area contributed by atoms with E-state index < -0.39 is 10.8 Å². The van der Waals surface area contributed by atoms with Gasteiger partial charge in [-0.3, -0.25) is 0 Å². The first kappa shape index (κ1) is 13.7. The van der Waals surface area contributed by atoms with Crippen LogP contribution in [0.5, 0.6) is 0 Å². The smallest absolute Gasteiger partial charge is 0.101 e. The Hall–Kier alpha value is 0.0900. The van der Waals surface area contributed by atoms with Gasteiger partial charge < -0.3 is 23.6 Å². The molecule has 0 saturated carbocycles. The molecule has 0 bridgehead atoms. The van der Waals surface area contributed by atoms with Crippen LogP contribution in [0.15, 0.2) is 0 Å². The molecule has 0 aromatic heterocycles. The van der Waals surface area contributed by atoms with E-state index in [1.54, 1.807) is 0 Å². The number of rotatable bonds is 2. The maximum atomic E-state index is 8.41. The minimum Gasteiger partial charge on any atom is -0.391 e. The van der Waals surface area contributed by atoms with Gasteiger partial charge in [-0.25, -0.2) is 0 Å². The molecule has 0 aliphatic heterocycles. The lowest BCUT2D eigenvalue weighted by Gasteiger charge is -2.21. The maximum Gasteiger partial charge on any atom is 0.101 e. The van der Waals surface area contributed by atoms with Crippen molar-refractivity contribution < 1.29 is 34.4 Å². The zero-order valence-corrected chi connectivity index (χ0v) is 7.67. The third-order valence-electron chi connectivity index (χ3n) is 0.771. The summed E-state index contributed by atoms with van der Waals surface area (Å²) in [5.74, 6) is 0. The van der Waals surface area contributed by atoms with Gasteiger partial charge in [0.05, 0.1) is 38.5 Å². The number of likely N-dealkylation sites (N-methyl/N-ethyl adjacent to an activating group) is 1. The fraction of sp³-hybridized carbons (Fsp3) is 1.00. The van der Waals surface area contributed by atoms with E-state index in [4.69, 9.17) is 19.1 Å². The second-order valence-electron chi connectivity index (χ2n) is 2.93. The SMILES string of the molecule is C[N+](C)(C)CCO.[O-][Cl+2]([O-])[O-]. The lowest BCUT2D eigenvalue weighted by Crippen LogP contribution is -2.42. The highest BCUT2D eigenvalue weighted by molar-refractivity contribution is 4.19. The highest BCUT2D eigenvalue weighted by Crippen LogP contribution is 1.84. The monoisotopic (exact) mass is 187 g/mol. The van der Waals surface area contributed by atoms with Crippen molar-refractivity contribution >= 4 is 0 Å². The van der Waals surface area contributed by atoms with Crippen LogP contribution in [0, 0.1) is 10.8 Å². The first-order chi connectivity index (χ1) is 4.79. The zero-order chi connectivity index (χ0) is 9.49. The van der Waals surface area contributed by atoms with Crippen molar-refractivity contribution in [3.05, 3.63) is 0 Å². The van der Waals surface area contributed by atoms with Crippen LogP contribution in [0.1, 0.15) is 0 Å². The predicted molar refractivity (Wildman–Crippen MR) is 30.0 cm³/mol. The van der Waals surface area contributed by atoms with Gasteiger partial charge >= 0.3 is 0 Å². The lowest BCUT2D eigenvalue weighted by molar-refractivity contribution is -1.73. The molecule has 5 nitrogen and oxygen atoms in total. The van der Waals surface area contributed by atoms with Crippen molar-refractivity contribution in [2.75, 3.05) is 34.3 Å². The largest absolute Gasteiger partial charge is 0.391 e. The molecule has 0 saturated heterocycles. The Morgan fingerprint density at radius 2 is 1.45 bits per heavy atom. The van der Waals surface area contributed by atoms with Gasteiger partial charge in [-0.15, -0.1) is 0 Å². The van der Waals surface area contributed by atoms with Crippen LogP contribution in [-0.2, 0) is 0 Å². The highest BCUT2D eigenvalue weighted by atomic mass is 35.6. The molecule has 0 atom stereocenters. The number of halogens is 1. The predicted octanol–water partition coefficient (Wildman–Crippen LogP) is -3.88. The van der Waals surface area contributed by atoms with Gasteiger partial charge in [0.15, 0.2) is 0 Å². The molecule has 0 spiro atoms. The average molecular weight is 188 g/mol. The van der Waals surface area contributed by atoms with Crippen molar-refractivity contribution in [3.8, 4) is 0 Å². The third kappa shape index (κ3) is 39.5. The molecule has 0 fully saturated rings. The Kier molecular flexibility index (Phi) is 8.42. The first-order valence-electron chi connectivity index (χ1n) is 2.94. The summed E-state index contributed by atoms with van der Waals surface area (Å²) in [6.45, 7) is 1.11. The lowest BCUT2D eigenvalue weighted by atomic mass is 10.5. The molecular weight excluding hydrogens is 174 g/mol. The molecule has 11 heavy (non-hydrogen) atoms. The van der Waals surface area contributed by atoms with Crippen LogP contribution in [0.3, 0.4) is 0 Å². The average Bonchev–Trinajstić information content (AvgIpc) is 1.58. The summed E-state index contributed by atoms with van der Waals surface area (Å²) in [7, 11) is 3.30. The van der Waals surface area contributed by atoms with Crippen LogP contribution in [0.25, 0.3) is 0 Å². The van der Waals surface area contributed by atoms with E-state index in [0.29, 0.717) is 0 Å². The number of aliphatic hydroxyl groups excluding tert-OH is 1. The number of hydrogen-bond donors (Lipinski definition) is 1. The Morgan fingerprint density at radius 1 is 1.18 bits per heavy atom. The van der Waals surface area contributed by atoms with Gasteiger partial charge in [-0.1, -0.05) is 0 Å². The van der Waals surface area contributed by atoms with E-state index in [1.807, 2.05) is 0 Å². The normalized spacial score (nSPS) is 10.9. The first-order valence-corrected chi connectivity index (χ1v) is 3.86. The van der Waals surface area contributed by atoms with E-state index in [0.717, 1.165) is 11.0 Å². The van der Waals surface area contributed by atoms with Crippen molar-refractivity contribution in [1.82, 2.24) is 0 Å². The number of hydrogen-bond acceptors (Lipinski definition) is 4. The van der Waals surface area contributed by atoms with E-state index in [9.17, 15) is 0 Å². The Bertz CT molecular complexity index is 80.3. The molecule has 0 radical (unpaired) electrons. The van der Waals surface area contributed by atoms with Gasteiger partial charge in [-0.05, 0) is 0 Å². The molecule has 0 aromatic carbocycles. The van der Waals surface area contributed by atoms with Crippen LogP contribution in [0.4, 0.5) is 0 Å². The van der Waals surface area contributed by atoms with Gasteiger partial charge in [0, 0.05) is 0 Å². The summed E-state index contributed by atoms with van der Waals surface area (Å²) in [5.41, 5.74) is 0. The highest BCUT2D eigenvalue weighted by Gasteiger charge is 2.02. The van der Waals surface area contributed by atoms with Crippen LogP contribution in [-0.4, -0.2) is 43.9 Å². The van der Waals surface area contributed by atoms with Crippen molar-refractivity contribution in [1.29, 1.82) is 0 Å². The fourth-order valence-corrected chi connectivity index (χ4v) is 0.300. The molecule has 0 aliphatic carbocycles. The molecule has 6 heteroatoms. The summed E-state index contributed by atoms with van der Waals surface area (Å²) < 4.78 is 26.1. The van der Waals surface area contributed by atoms with Gasteiger partial charge in [0.2, 0.25) is 0 Å². The fourth-order valence-electron chi connectivity index (χ4n) is 0.300. The zero-order valence-electron chi connectivity index (χ0n) is 6.91. The molecule has 0 unspecified atom stereocenters. The Balaban J connectivity index is 0. The van der Waals surface area contributed by atoms with E-state index in [-0.39, 0.29) is 6.61 Å². The summed E-state index contributed by atoms with van der Waals surface area (Å²) in [5, 5.41) is 8.39. The van der Waals surface area contributed by atoms with Crippen LogP contribution < -0.4 is 14.0 Å². The van der Waals surface area contributed by atoms with Crippen molar-refractivity contribution in [2.24, 2.45) is 0 Å².